The van der Waals surface area contributed by atoms with Crippen molar-refractivity contribution in [1.82, 2.24) is 4.98 Å². The van der Waals surface area contributed by atoms with Crippen LogP contribution in [0.2, 0.25) is 0 Å². The summed E-state index contributed by atoms with van der Waals surface area (Å²) in [6.07, 6.45) is 0. The molecule has 1 atom stereocenters. The van der Waals surface area contributed by atoms with Gasteiger partial charge in [0.2, 0.25) is 0 Å². The zero-order chi connectivity index (χ0) is 23.1. The lowest BCUT2D eigenvalue weighted by Crippen LogP contribution is -2.29. The average molecular weight is 460 g/mol. The number of methoxy groups -OCH3 is 1. The molecule has 3 aromatic carbocycles. The Kier molecular flexibility index (Phi) is 5.14. The van der Waals surface area contributed by atoms with Gasteiger partial charge in [0.25, 0.3) is 5.78 Å². The number of aromatic nitrogens is 1. The van der Waals surface area contributed by atoms with E-state index in [-0.39, 0.29) is 16.5 Å². The van der Waals surface area contributed by atoms with E-state index in [1.54, 1.807) is 48.5 Å². The van der Waals surface area contributed by atoms with Crippen LogP contribution in [0.15, 0.2) is 78.4 Å². The Balaban J connectivity index is 1.70. The van der Waals surface area contributed by atoms with Crippen LogP contribution in [-0.2, 0) is 9.59 Å². The molecule has 1 aliphatic rings. The minimum Gasteiger partial charge on any atom is -0.507 e. The van der Waals surface area contributed by atoms with Gasteiger partial charge in [-0.1, -0.05) is 41.7 Å². The number of anilines is 1. The van der Waals surface area contributed by atoms with E-state index in [0.717, 1.165) is 11.3 Å². The van der Waals surface area contributed by atoms with E-state index in [9.17, 15) is 19.1 Å². The number of rotatable bonds is 4. The van der Waals surface area contributed by atoms with Gasteiger partial charge in [0.15, 0.2) is 5.13 Å². The number of aliphatic hydroxyl groups excluding tert-OH is 1. The molecule has 0 bridgehead atoms. The summed E-state index contributed by atoms with van der Waals surface area (Å²) in [6, 6.07) is 18.8. The summed E-state index contributed by atoms with van der Waals surface area (Å²) >= 11 is 1.11. The summed E-state index contributed by atoms with van der Waals surface area (Å²) in [5.74, 6) is -1.74. The SMILES string of the molecule is COc1ccc(/C(O)=C2\C(=O)C(=O)N(c3nc4ccc(F)cc4s3)C2c2ccccc2)cc1. The molecule has 6 nitrogen and oxygen atoms in total. The fourth-order valence-corrected chi connectivity index (χ4v) is 4.89. The van der Waals surface area contributed by atoms with Gasteiger partial charge in [0.05, 0.1) is 28.9 Å². The largest absolute Gasteiger partial charge is 0.507 e. The number of hydrogen-bond donors (Lipinski definition) is 1. The number of nitrogens with zero attached hydrogens (tertiary/aromatic N) is 2. The maximum atomic E-state index is 13.7. The Morgan fingerprint density at radius 1 is 1.06 bits per heavy atom. The number of thiazole rings is 1. The summed E-state index contributed by atoms with van der Waals surface area (Å²) in [5.41, 5.74) is 1.49. The second-order valence-corrected chi connectivity index (χ2v) is 8.43. The minimum atomic E-state index is -0.890. The van der Waals surface area contributed by atoms with Gasteiger partial charge in [-0.2, -0.15) is 0 Å². The van der Waals surface area contributed by atoms with Crippen molar-refractivity contribution in [3.63, 3.8) is 0 Å². The number of hydrogen-bond acceptors (Lipinski definition) is 6. The number of Topliss-reactive ketones (excluding diaryl/α,β-unsaturated/α-hetero) is 1. The van der Waals surface area contributed by atoms with E-state index in [1.807, 2.05) is 6.07 Å². The van der Waals surface area contributed by atoms with Crippen molar-refractivity contribution in [3.8, 4) is 5.75 Å². The Bertz CT molecular complexity index is 1410. The molecule has 2 heterocycles. The highest BCUT2D eigenvalue weighted by molar-refractivity contribution is 7.22. The number of carbonyl (C=O) groups excluding carboxylic acids is 2. The van der Waals surface area contributed by atoms with Crippen molar-refractivity contribution in [2.45, 2.75) is 6.04 Å². The first-order chi connectivity index (χ1) is 16.0. The highest BCUT2D eigenvalue weighted by Gasteiger charge is 2.48. The summed E-state index contributed by atoms with van der Waals surface area (Å²) in [4.78, 5) is 32.1. The molecule has 33 heavy (non-hydrogen) atoms. The zero-order valence-electron chi connectivity index (χ0n) is 17.4. The van der Waals surface area contributed by atoms with E-state index in [4.69, 9.17) is 4.74 Å². The maximum absolute atomic E-state index is 13.7. The van der Waals surface area contributed by atoms with Crippen LogP contribution in [0.3, 0.4) is 0 Å². The lowest BCUT2D eigenvalue weighted by atomic mass is 9.95. The molecule has 1 amide bonds. The third-order valence-electron chi connectivity index (χ3n) is 5.47. The first-order valence-electron chi connectivity index (χ1n) is 10.0. The molecule has 0 saturated carbocycles. The molecule has 0 radical (unpaired) electrons. The van der Waals surface area contributed by atoms with Crippen molar-refractivity contribution in [1.29, 1.82) is 0 Å². The topological polar surface area (TPSA) is 79.7 Å². The summed E-state index contributed by atoms with van der Waals surface area (Å²) in [7, 11) is 1.53. The van der Waals surface area contributed by atoms with Crippen molar-refractivity contribution >= 4 is 44.1 Å². The maximum Gasteiger partial charge on any atom is 0.301 e. The number of ether oxygens (including phenoxy) is 1. The predicted molar refractivity (Wildman–Crippen MR) is 124 cm³/mol. The molecular formula is C25H17FN2O4S. The van der Waals surface area contributed by atoms with Crippen LogP contribution in [0.1, 0.15) is 17.2 Å². The van der Waals surface area contributed by atoms with Gasteiger partial charge < -0.3 is 9.84 Å². The van der Waals surface area contributed by atoms with Gasteiger partial charge in [0.1, 0.15) is 17.3 Å². The molecular weight excluding hydrogens is 443 g/mol. The molecule has 4 aromatic rings. The van der Waals surface area contributed by atoms with Gasteiger partial charge >= 0.3 is 5.91 Å². The third-order valence-corrected chi connectivity index (χ3v) is 6.49. The van der Waals surface area contributed by atoms with E-state index < -0.39 is 23.5 Å². The highest BCUT2D eigenvalue weighted by atomic mass is 32.1. The van der Waals surface area contributed by atoms with Crippen molar-refractivity contribution in [2.75, 3.05) is 12.0 Å². The normalized spacial score (nSPS) is 17.6. The fraction of sp³-hybridized carbons (Fsp3) is 0.0800. The Labute approximate surface area is 192 Å². The fourth-order valence-electron chi connectivity index (χ4n) is 3.87. The van der Waals surface area contributed by atoms with Gasteiger partial charge in [-0.05, 0) is 48.0 Å². The second kappa shape index (κ2) is 8.14. The smallest absolute Gasteiger partial charge is 0.301 e. The number of ketones is 1. The third kappa shape index (κ3) is 3.54. The predicted octanol–water partition coefficient (Wildman–Crippen LogP) is 5.07. The lowest BCUT2D eigenvalue weighted by molar-refractivity contribution is -0.132. The van der Waals surface area contributed by atoms with Crippen LogP contribution < -0.4 is 9.64 Å². The van der Waals surface area contributed by atoms with E-state index in [2.05, 4.69) is 4.98 Å². The molecule has 1 aliphatic heterocycles. The molecule has 164 valence electrons. The Morgan fingerprint density at radius 3 is 2.48 bits per heavy atom. The molecule has 1 aromatic heterocycles. The van der Waals surface area contributed by atoms with Crippen LogP contribution in [0.25, 0.3) is 16.0 Å². The van der Waals surface area contributed by atoms with Crippen LogP contribution >= 0.6 is 11.3 Å². The molecule has 1 N–H and O–H groups in total. The number of benzene rings is 3. The standard InChI is InChI=1S/C25H17FN2O4S/c1-32-17-10-7-15(8-11-17)22(29)20-21(14-5-3-2-4-6-14)28(24(31)23(20)30)25-27-18-12-9-16(26)13-19(18)33-25/h2-13,21,29H,1H3/b22-20+. The van der Waals surface area contributed by atoms with Crippen LogP contribution in [0, 0.1) is 5.82 Å². The van der Waals surface area contributed by atoms with E-state index >= 15 is 0 Å². The summed E-state index contributed by atoms with van der Waals surface area (Å²) in [5, 5.41) is 11.4. The van der Waals surface area contributed by atoms with Gasteiger partial charge in [0, 0.05) is 5.56 Å². The van der Waals surface area contributed by atoms with Crippen LogP contribution in [0.4, 0.5) is 9.52 Å². The zero-order valence-corrected chi connectivity index (χ0v) is 18.2. The Hall–Kier alpha value is -4.04. The Morgan fingerprint density at radius 2 is 1.79 bits per heavy atom. The number of carbonyl (C=O) groups is 2. The number of aliphatic hydroxyl groups is 1. The van der Waals surface area contributed by atoms with E-state index in [1.165, 1.54) is 30.2 Å². The monoisotopic (exact) mass is 460 g/mol. The number of fused-ring (bicyclic) bond motifs is 1. The lowest BCUT2D eigenvalue weighted by Gasteiger charge is -2.22. The molecule has 0 aliphatic carbocycles. The average Bonchev–Trinajstić information content (AvgIpc) is 3.37. The van der Waals surface area contributed by atoms with Crippen molar-refractivity contribution < 1.29 is 23.8 Å². The molecule has 1 saturated heterocycles. The van der Waals surface area contributed by atoms with Gasteiger partial charge in [-0.25, -0.2) is 9.37 Å². The molecule has 1 fully saturated rings. The first kappa shape index (κ1) is 20.8. The number of amides is 1. The molecule has 1 unspecified atom stereocenters. The summed E-state index contributed by atoms with van der Waals surface area (Å²) < 4.78 is 19.4. The summed E-state index contributed by atoms with van der Waals surface area (Å²) in [6.45, 7) is 0. The quantitative estimate of drug-likeness (QED) is 0.261. The van der Waals surface area contributed by atoms with Crippen molar-refractivity contribution in [3.05, 3.63) is 95.3 Å². The molecule has 0 spiro atoms. The first-order valence-corrected chi connectivity index (χ1v) is 10.9. The highest BCUT2D eigenvalue weighted by Crippen LogP contribution is 2.44. The van der Waals surface area contributed by atoms with Crippen LogP contribution in [-0.4, -0.2) is 28.9 Å². The van der Waals surface area contributed by atoms with E-state index in [0.29, 0.717) is 27.1 Å². The van der Waals surface area contributed by atoms with Gasteiger partial charge in [-0.3, -0.25) is 14.5 Å². The number of halogens is 1. The minimum absolute atomic E-state index is 0.0400. The van der Waals surface area contributed by atoms with Gasteiger partial charge in [-0.15, -0.1) is 0 Å². The molecule has 5 rings (SSSR count). The molecule has 8 heteroatoms. The van der Waals surface area contributed by atoms with Crippen LogP contribution in [0.5, 0.6) is 5.75 Å². The van der Waals surface area contributed by atoms with Crippen molar-refractivity contribution in [2.24, 2.45) is 0 Å². The second-order valence-electron chi connectivity index (χ2n) is 7.42.